The Morgan fingerprint density at radius 2 is 1.78 bits per heavy atom. The van der Waals surface area contributed by atoms with E-state index in [-0.39, 0.29) is 18.0 Å². The van der Waals surface area contributed by atoms with Crippen molar-refractivity contribution < 1.29 is 9.59 Å². The number of carbonyl (C=O) groups is 2. The predicted molar refractivity (Wildman–Crippen MR) is 68.6 cm³/mol. The minimum atomic E-state index is -0.240. The zero-order valence-corrected chi connectivity index (χ0v) is 10.8. The summed E-state index contributed by atoms with van der Waals surface area (Å²) in [5.74, 6) is 0.0999. The lowest BCUT2D eigenvalue weighted by Gasteiger charge is -2.29. The molecule has 0 N–H and O–H groups in total. The summed E-state index contributed by atoms with van der Waals surface area (Å²) >= 11 is 0. The Bertz CT molecular complexity index is 444. The van der Waals surface area contributed by atoms with Gasteiger partial charge in [0.1, 0.15) is 6.17 Å². The number of benzene rings is 1. The van der Waals surface area contributed by atoms with Crippen molar-refractivity contribution in [2.24, 2.45) is 0 Å². The molecule has 1 heterocycles. The van der Waals surface area contributed by atoms with Gasteiger partial charge in [0, 0.05) is 26.4 Å². The molecule has 4 heteroatoms. The summed E-state index contributed by atoms with van der Waals surface area (Å²) in [7, 11) is 0. The Balaban J connectivity index is 2.34. The van der Waals surface area contributed by atoms with E-state index in [2.05, 4.69) is 0 Å². The van der Waals surface area contributed by atoms with Crippen molar-refractivity contribution in [3.8, 4) is 0 Å². The molecular formula is C14H18N2O2. The minimum absolute atomic E-state index is 0.00950. The number of hydrogen-bond donors (Lipinski definition) is 0. The first-order valence-electron chi connectivity index (χ1n) is 6.26. The van der Waals surface area contributed by atoms with Crippen LogP contribution in [0.1, 0.15) is 32.0 Å². The van der Waals surface area contributed by atoms with E-state index < -0.39 is 0 Å². The fourth-order valence-corrected chi connectivity index (χ4v) is 2.41. The number of rotatable bonds is 2. The van der Waals surface area contributed by atoms with Crippen molar-refractivity contribution in [3.63, 3.8) is 0 Å². The molecule has 0 spiro atoms. The summed E-state index contributed by atoms with van der Waals surface area (Å²) in [5.41, 5.74) is 0.993. The average molecular weight is 246 g/mol. The Labute approximate surface area is 107 Å². The van der Waals surface area contributed by atoms with Crippen LogP contribution in [0, 0.1) is 0 Å². The standard InChI is InChI=1S/C14H18N2O2/c1-3-13(18)16-10-9-15(11(2)17)14(16)12-7-5-4-6-8-12/h4-8,14H,3,9-10H2,1-2H3/t14-/m0/s1. The van der Waals surface area contributed by atoms with Gasteiger partial charge in [0.05, 0.1) is 0 Å². The molecule has 1 saturated heterocycles. The molecule has 1 aromatic carbocycles. The van der Waals surface area contributed by atoms with E-state index in [0.29, 0.717) is 19.5 Å². The smallest absolute Gasteiger partial charge is 0.224 e. The first-order valence-corrected chi connectivity index (χ1v) is 6.26. The molecule has 1 aromatic rings. The molecule has 0 unspecified atom stereocenters. The summed E-state index contributed by atoms with van der Waals surface area (Å²) in [6.45, 7) is 4.63. The first-order chi connectivity index (χ1) is 8.65. The molecule has 0 radical (unpaired) electrons. The molecule has 2 rings (SSSR count). The van der Waals surface area contributed by atoms with Gasteiger partial charge in [-0.25, -0.2) is 0 Å². The Hall–Kier alpha value is -1.84. The van der Waals surface area contributed by atoms with Crippen LogP contribution in [-0.2, 0) is 9.59 Å². The maximum absolute atomic E-state index is 12.0. The zero-order valence-electron chi connectivity index (χ0n) is 10.8. The van der Waals surface area contributed by atoms with Crippen molar-refractivity contribution in [1.29, 1.82) is 0 Å². The van der Waals surface area contributed by atoms with Crippen LogP contribution in [0.5, 0.6) is 0 Å². The maximum Gasteiger partial charge on any atom is 0.224 e. The van der Waals surface area contributed by atoms with Gasteiger partial charge in [-0.05, 0) is 5.56 Å². The van der Waals surface area contributed by atoms with Gasteiger partial charge in [0.25, 0.3) is 0 Å². The molecule has 2 amide bonds. The van der Waals surface area contributed by atoms with Crippen LogP contribution in [0.3, 0.4) is 0 Å². The number of hydrogen-bond acceptors (Lipinski definition) is 2. The molecular weight excluding hydrogens is 228 g/mol. The first kappa shape index (κ1) is 12.6. The van der Waals surface area contributed by atoms with Gasteiger partial charge in [-0.3, -0.25) is 9.59 Å². The van der Waals surface area contributed by atoms with Crippen LogP contribution in [0.15, 0.2) is 30.3 Å². The van der Waals surface area contributed by atoms with E-state index in [1.807, 2.05) is 37.3 Å². The molecule has 1 aliphatic heterocycles. The van der Waals surface area contributed by atoms with E-state index in [0.717, 1.165) is 5.56 Å². The van der Waals surface area contributed by atoms with E-state index in [1.54, 1.807) is 16.7 Å². The molecule has 0 aromatic heterocycles. The van der Waals surface area contributed by atoms with Crippen LogP contribution >= 0.6 is 0 Å². The number of carbonyl (C=O) groups excluding carboxylic acids is 2. The van der Waals surface area contributed by atoms with Gasteiger partial charge in [-0.1, -0.05) is 37.3 Å². The highest BCUT2D eigenvalue weighted by Gasteiger charge is 2.36. The molecule has 0 aliphatic carbocycles. The zero-order chi connectivity index (χ0) is 13.1. The van der Waals surface area contributed by atoms with Crippen LogP contribution in [-0.4, -0.2) is 34.7 Å². The fraction of sp³-hybridized carbons (Fsp3) is 0.429. The topological polar surface area (TPSA) is 40.6 Å². The molecule has 18 heavy (non-hydrogen) atoms. The molecule has 1 fully saturated rings. The van der Waals surface area contributed by atoms with Crippen molar-refractivity contribution in [3.05, 3.63) is 35.9 Å². The normalized spacial score (nSPS) is 19.1. The highest BCUT2D eigenvalue weighted by atomic mass is 16.2. The molecule has 1 aliphatic rings. The van der Waals surface area contributed by atoms with Gasteiger partial charge in [-0.15, -0.1) is 0 Å². The quantitative estimate of drug-likeness (QED) is 0.798. The van der Waals surface area contributed by atoms with Crippen LogP contribution in [0.25, 0.3) is 0 Å². The van der Waals surface area contributed by atoms with Gasteiger partial charge in [0.15, 0.2) is 0 Å². The molecule has 0 bridgehead atoms. The van der Waals surface area contributed by atoms with Crippen molar-refractivity contribution in [1.82, 2.24) is 9.80 Å². The Morgan fingerprint density at radius 1 is 1.17 bits per heavy atom. The van der Waals surface area contributed by atoms with E-state index in [1.165, 1.54) is 0 Å². The highest BCUT2D eigenvalue weighted by Crippen LogP contribution is 2.30. The highest BCUT2D eigenvalue weighted by molar-refractivity contribution is 5.79. The van der Waals surface area contributed by atoms with Gasteiger partial charge < -0.3 is 9.80 Å². The lowest BCUT2D eigenvalue weighted by molar-refractivity contribution is -0.137. The largest absolute Gasteiger partial charge is 0.316 e. The maximum atomic E-state index is 12.0. The van der Waals surface area contributed by atoms with E-state index >= 15 is 0 Å². The predicted octanol–water partition coefficient (Wildman–Crippen LogP) is 1.79. The lowest BCUT2D eigenvalue weighted by Crippen LogP contribution is -2.36. The second-order valence-electron chi connectivity index (χ2n) is 4.44. The average Bonchev–Trinajstić information content (AvgIpc) is 2.83. The van der Waals surface area contributed by atoms with E-state index in [9.17, 15) is 9.59 Å². The third-order valence-corrected chi connectivity index (χ3v) is 3.30. The van der Waals surface area contributed by atoms with Crippen molar-refractivity contribution in [2.75, 3.05) is 13.1 Å². The van der Waals surface area contributed by atoms with Crippen LogP contribution < -0.4 is 0 Å². The summed E-state index contributed by atoms with van der Waals surface area (Å²) in [4.78, 5) is 27.2. The molecule has 4 nitrogen and oxygen atoms in total. The van der Waals surface area contributed by atoms with Gasteiger partial charge in [0.2, 0.25) is 11.8 Å². The molecule has 96 valence electrons. The fourth-order valence-electron chi connectivity index (χ4n) is 2.41. The van der Waals surface area contributed by atoms with Gasteiger partial charge in [-0.2, -0.15) is 0 Å². The Morgan fingerprint density at radius 3 is 2.33 bits per heavy atom. The van der Waals surface area contributed by atoms with Crippen LogP contribution in [0.2, 0.25) is 0 Å². The summed E-state index contributed by atoms with van der Waals surface area (Å²) in [6.07, 6.45) is 0.228. The second-order valence-corrected chi connectivity index (χ2v) is 4.44. The SMILES string of the molecule is CCC(=O)N1CCN(C(C)=O)[C@@H]1c1ccccc1. The number of amides is 2. The minimum Gasteiger partial charge on any atom is -0.316 e. The molecule has 0 saturated carbocycles. The lowest BCUT2D eigenvalue weighted by atomic mass is 10.1. The van der Waals surface area contributed by atoms with Crippen molar-refractivity contribution >= 4 is 11.8 Å². The summed E-state index contributed by atoms with van der Waals surface area (Å²) in [5, 5.41) is 0. The third kappa shape index (κ3) is 2.23. The monoisotopic (exact) mass is 246 g/mol. The van der Waals surface area contributed by atoms with Crippen LogP contribution in [0.4, 0.5) is 0 Å². The summed E-state index contributed by atoms with van der Waals surface area (Å²) < 4.78 is 0. The third-order valence-electron chi connectivity index (χ3n) is 3.30. The molecule has 1 atom stereocenters. The number of nitrogens with zero attached hydrogens (tertiary/aromatic N) is 2. The van der Waals surface area contributed by atoms with Crippen molar-refractivity contribution in [2.45, 2.75) is 26.4 Å². The second kappa shape index (κ2) is 5.21. The van der Waals surface area contributed by atoms with E-state index in [4.69, 9.17) is 0 Å². The summed E-state index contributed by atoms with van der Waals surface area (Å²) in [6, 6.07) is 9.72. The van der Waals surface area contributed by atoms with Gasteiger partial charge >= 0.3 is 0 Å². The Kier molecular flexibility index (Phi) is 3.65.